The van der Waals surface area contributed by atoms with Gasteiger partial charge >= 0.3 is 11.9 Å². The summed E-state index contributed by atoms with van der Waals surface area (Å²) in [6.45, 7) is 12.5. The smallest absolute Gasteiger partial charge is 0.302 e. The Balaban J connectivity index is 1.63. The van der Waals surface area contributed by atoms with Crippen LogP contribution in [0.25, 0.3) is 20.9 Å². The molecule has 16 nitrogen and oxygen atoms in total. The number of azide groups is 2. The first-order chi connectivity index (χ1) is 24.4. The lowest BCUT2D eigenvalue weighted by Gasteiger charge is -2.50. The van der Waals surface area contributed by atoms with Crippen LogP contribution in [0.1, 0.15) is 54.0 Å². The molecular weight excluding hydrogens is 684 g/mol. The van der Waals surface area contributed by atoms with Crippen LogP contribution in [0.3, 0.4) is 0 Å². The number of esters is 2. The Morgan fingerprint density at radius 2 is 1.35 bits per heavy atom. The number of carbonyl (C=O) groups is 2. The summed E-state index contributed by atoms with van der Waals surface area (Å²) in [6, 6.07) is 8.42. The lowest BCUT2D eigenvalue weighted by molar-refractivity contribution is -0.347. The van der Waals surface area contributed by atoms with Gasteiger partial charge in [-0.15, -0.1) is 11.8 Å². The first-order valence-corrected chi connectivity index (χ1v) is 18.5. The predicted molar refractivity (Wildman–Crippen MR) is 186 cm³/mol. The van der Waals surface area contributed by atoms with Crippen molar-refractivity contribution in [2.24, 2.45) is 33.9 Å². The van der Waals surface area contributed by atoms with Gasteiger partial charge in [-0.05, 0) is 47.6 Å². The fraction of sp³-hybridized carbons (Fsp3) is 0.765. The average molecular weight is 735 g/mol. The van der Waals surface area contributed by atoms with Gasteiger partial charge in [0.2, 0.25) is 0 Å². The molecule has 0 spiro atoms. The van der Waals surface area contributed by atoms with Crippen LogP contribution in [0.5, 0.6) is 0 Å². The topological polar surface area (TPSA) is 206 Å². The normalized spacial score (nSPS) is 38.1. The van der Waals surface area contributed by atoms with Crippen molar-refractivity contribution in [3.8, 4) is 0 Å². The minimum atomic E-state index is -0.966. The summed E-state index contributed by atoms with van der Waals surface area (Å²) in [5, 5.41) is 8.08. The minimum Gasteiger partial charge on any atom is -0.463 e. The van der Waals surface area contributed by atoms with E-state index >= 15 is 0 Å². The maximum Gasteiger partial charge on any atom is 0.302 e. The molecule has 1 aromatic rings. The summed E-state index contributed by atoms with van der Waals surface area (Å²) in [4.78, 5) is 29.6. The second-order valence-electron chi connectivity index (χ2n) is 13.4. The molecule has 0 aromatic heterocycles. The van der Waals surface area contributed by atoms with Gasteiger partial charge in [-0.3, -0.25) is 9.59 Å². The molecule has 0 bridgehead atoms. The van der Waals surface area contributed by atoms with Gasteiger partial charge in [0.25, 0.3) is 0 Å². The van der Waals surface area contributed by atoms with Gasteiger partial charge in [-0.1, -0.05) is 68.3 Å². The van der Waals surface area contributed by atoms with Crippen LogP contribution in [-0.4, -0.2) is 98.1 Å². The van der Waals surface area contributed by atoms with Gasteiger partial charge in [-0.25, -0.2) is 0 Å². The summed E-state index contributed by atoms with van der Waals surface area (Å²) in [7, 11) is 0. The minimum absolute atomic E-state index is 0.0269. The first-order valence-electron chi connectivity index (χ1n) is 17.2. The van der Waals surface area contributed by atoms with Gasteiger partial charge in [0.05, 0.1) is 43.1 Å². The summed E-state index contributed by atoms with van der Waals surface area (Å²) >= 11 is 1.39. The largest absolute Gasteiger partial charge is 0.463 e. The molecule has 3 saturated heterocycles. The molecule has 7 unspecified atom stereocenters. The number of hydrogen-bond acceptors (Lipinski definition) is 13. The molecule has 0 amide bonds. The average Bonchev–Trinajstić information content (AvgIpc) is 3.10. The molecule has 4 rings (SSSR count). The Bertz CT molecular complexity index is 1400. The van der Waals surface area contributed by atoms with E-state index in [4.69, 9.17) is 37.9 Å². The molecule has 1 aromatic carbocycles. The molecule has 3 aliphatic heterocycles. The van der Waals surface area contributed by atoms with E-state index < -0.39 is 78.7 Å². The van der Waals surface area contributed by atoms with E-state index in [9.17, 15) is 20.7 Å². The molecule has 0 aliphatic carbocycles. The SMILES string of the molecule is CSC1OC(COC(C)=O)[C@@H](O[C@@H]2OC(C)[C@@H](O[C@H]3OC(COC(C)=O)[C@@H](C)[C@H](C)C3N=[N+]=[N-])[C@H](C)C2OCc2ccccc2)[C@H](C)C1N=[N+]=[N-]. The maximum absolute atomic E-state index is 11.8. The van der Waals surface area contributed by atoms with Crippen molar-refractivity contribution in [2.75, 3.05) is 19.5 Å². The predicted octanol–water partition coefficient (Wildman–Crippen LogP) is 5.93. The van der Waals surface area contributed by atoms with Crippen molar-refractivity contribution in [2.45, 2.75) is 122 Å². The molecule has 282 valence electrons. The van der Waals surface area contributed by atoms with Crippen molar-refractivity contribution in [3.63, 3.8) is 0 Å². The summed E-state index contributed by atoms with van der Waals surface area (Å²) in [5.41, 5.74) is 19.3. The van der Waals surface area contributed by atoms with Gasteiger partial charge in [0.1, 0.15) is 30.9 Å². The Kier molecular flexibility index (Phi) is 15.2. The van der Waals surface area contributed by atoms with E-state index in [-0.39, 0.29) is 43.5 Å². The molecule has 51 heavy (non-hydrogen) atoms. The second-order valence-corrected chi connectivity index (χ2v) is 14.4. The first kappa shape index (κ1) is 40.7. The van der Waals surface area contributed by atoms with E-state index in [2.05, 4.69) is 20.1 Å². The molecule has 0 N–H and O–H groups in total. The van der Waals surface area contributed by atoms with Crippen LogP contribution < -0.4 is 0 Å². The Morgan fingerprint density at radius 1 is 0.745 bits per heavy atom. The zero-order valence-electron chi connectivity index (χ0n) is 30.3. The Hall–Kier alpha value is -3.11. The van der Waals surface area contributed by atoms with Crippen LogP contribution in [0.15, 0.2) is 40.6 Å². The number of nitrogens with zero attached hydrogens (tertiary/aromatic N) is 6. The lowest BCUT2D eigenvalue weighted by Crippen LogP contribution is -2.61. The second kappa shape index (κ2) is 19.1. The van der Waals surface area contributed by atoms with E-state index in [1.807, 2.05) is 71.2 Å². The monoisotopic (exact) mass is 734 g/mol. The molecule has 15 atom stereocenters. The van der Waals surface area contributed by atoms with Crippen molar-refractivity contribution in [3.05, 3.63) is 56.8 Å². The molecule has 3 aliphatic rings. The maximum atomic E-state index is 11.8. The Labute approximate surface area is 302 Å². The number of hydrogen-bond donors (Lipinski definition) is 0. The van der Waals surface area contributed by atoms with Gasteiger partial charge in [0.15, 0.2) is 12.6 Å². The molecule has 3 fully saturated rings. The summed E-state index contributed by atoms with van der Waals surface area (Å²) in [6.07, 6.45) is -3.84. The zero-order valence-corrected chi connectivity index (χ0v) is 31.2. The molecule has 0 saturated carbocycles. The lowest BCUT2D eigenvalue weighted by atomic mass is 9.82. The third-order valence-electron chi connectivity index (χ3n) is 10.0. The fourth-order valence-corrected chi connectivity index (χ4v) is 7.78. The molecule has 3 heterocycles. The summed E-state index contributed by atoms with van der Waals surface area (Å²) < 4.78 is 49.8. The number of rotatable bonds is 14. The van der Waals surface area contributed by atoms with Crippen molar-refractivity contribution in [1.82, 2.24) is 0 Å². The van der Waals surface area contributed by atoms with Crippen LogP contribution in [0, 0.1) is 23.7 Å². The van der Waals surface area contributed by atoms with Crippen LogP contribution in [0.2, 0.25) is 0 Å². The van der Waals surface area contributed by atoms with E-state index in [1.54, 1.807) is 0 Å². The van der Waals surface area contributed by atoms with Gasteiger partial charge < -0.3 is 37.9 Å². The highest BCUT2D eigenvalue weighted by molar-refractivity contribution is 7.99. The van der Waals surface area contributed by atoms with E-state index in [0.29, 0.717) is 0 Å². The van der Waals surface area contributed by atoms with Crippen LogP contribution >= 0.6 is 11.8 Å². The Morgan fingerprint density at radius 3 is 1.96 bits per heavy atom. The number of thioether (sulfide) groups is 1. The number of carbonyl (C=O) groups excluding carboxylic acids is 2. The standard InChI is InChI=1S/C34H50N6O10S/c1-17-18(2)27(37-39-35)32(47-25(17)15-43-22(6)41)49-29-20(4)31(45-14-24-12-10-9-11-13-24)33(46-21(29)5)50-30-19(3)28(38-40-36)34(51-8)48-26(30)16-44-23(7)42/h9-13,17-21,25-34H,14-16H2,1-8H3/t17-,18-,19+,20-,21?,25?,26?,27?,28?,29-,30-,31?,32+,33-,34?/m0/s1. The summed E-state index contributed by atoms with van der Waals surface area (Å²) in [5.74, 6) is -1.88. The van der Waals surface area contributed by atoms with E-state index in [1.165, 1.54) is 25.6 Å². The van der Waals surface area contributed by atoms with Crippen molar-refractivity contribution >= 4 is 23.7 Å². The van der Waals surface area contributed by atoms with Gasteiger partial charge in [-0.2, -0.15) is 0 Å². The third-order valence-corrected chi connectivity index (χ3v) is 10.9. The number of benzene rings is 1. The highest BCUT2D eigenvalue weighted by Crippen LogP contribution is 2.41. The van der Waals surface area contributed by atoms with E-state index in [0.717, 1.165) is 5.56 Å². The fourth-order valence-electron chi connectivity index (χ4n) is 6.95. The highest BCUT2D eigenvalue weighted by Gasteiger charge is 2.52. The van der Waals surface area contributed by atoms with Crippen molar-refractivity contribution in [1.29, 1.82) is 0 Å². The molecular formula is C34H50N6O10S. The molecule has 17 heteroatoms. The van der Waals surface area contributed by atoms with Gasteiger partial charge in [0, 0.05) is 29.6 Å². The zero-order chi connectivity index (χ0) is 37.2. The number of ether oxygens (including phenoxy) is 8. The van der Waals surface area contributed by atoms with Crippen molar-refractivity contribution < 1.29 is 47.5 Å². The van der Waals surface area contributed by atoms with Crippen LogP contribution in [-0.2, 0) is 54.1 Å². The van der Waals surface area contributed by atoms with Crippen LogP contribution in [0.4, 0.5) is 0 Å². The highest BCUT2D eigenvalue weighted by atomic mass is 32.2. The third kappa shape index (κ3) is 10.3. The molecule has 0 radical (unpaired) electrons. The quantitative estimate of drug-likeness (QED) is 0.0948.